The molecule has 0 saturated carbocycles. The van der Waals surface area contributed by atoms with E-state index in [1.54, 1.807) is 31.0 Å². The zero-order chi connectivity index (χ0) is 26.1. The van der Waals surface area contributed by atoms with Crippen molar-refractivity contribution in [3.05, 3.63) is 59.5 Å². The Labute approximate surface area is 213 Å². The van der Waals surface area contributed by atoms with Gasteiger partial charge in [0.05, 0.1) is 23.7 Å². The molecule has 1 aromatic heterocycles. The second-order valence-corrected chi connectivity index (χ2v) is 9.48. The normalized spacial score (nSPS) is 18.6. The predicted octanol–water partition coefficient (Wildman–Crippen LogP) is 4.83. The monoisotopic (exact) mass is 514 g/mol. The number of carbonyl (C=O) groups excluding carboxylic acids is 1. The van der Waals surface area contributed by atoms with E-state index >= 15 is 0 Å². The number of aromatic nitrogens is 1. The number of hydrogen-bond acceptors (Lipinski definition) is 6. The van der Waals surface area contributed by atoms with Gasteiger partial charge in [-0.1, -0.05) is 18.2 Å². The van der Waals surface area contributed by atoms with E-state index in [9.17, 15) is 18.0 Å². The van der Waals surface area contributed by atoms with Crippen LogP contribution in [0.4, 0.5) is 18.9 Å². The molecule has 3 aromatic rings. The van der Waals surface area contributed by atoms with Crippen molar-refractivity contribution >= 4 is 22.5 Å². The summed E-state index contributed by atoms with van der Waals surface area (Å²) in [5.41, 5.74) is 0.820. The van der Waals surface area contributed by atoms with Crippen LogP contribution in [0.25, 0.3) is 10.9 Å². The summed E-state index contributed by atoms with van der Waals surface area (Å²) in [4.78, 5) is 18.0. The van der Waals surface area contributed by atoms with E-state index in [0.717, 1.165) is 24.5 Å². The number of fused-ring (bicyclic) bond motifs is 1. The lowest BCUT2D eigenvalue weighted by Gasteiger charge is -2.29. The van der Waals surface area contributed by atoms with Crippen LogP contribution in [0, 0.1) is 5.82 Å². The SMILES string of the molecule is CC(=O)N1CC[C@H](Oc2cc3c(N[C@H](C)c4cccc(C(F)F)c4F)ccnc3cc2OC2CNC2)C1. The minimum absolute atomic E-state index is 0.00875. The van der Waals surface area contributed by atoms with Crippen molar-refractivity contribution in [3.63, 3.8) is 0 Å². The fourth-order valence-corrected chi connectivity index (χ4v) is 4.66. The number of carbonyl (C=O) groups is 1. The van der Waals surface area contributed by atoms with Gasteiger partial charge in [-0.3, -0.25) is 9.78 Å². The third kappa shape index (κ3) is 5.29. The molecule has 0 spiro atoms. The molecule has 2 aliphatic heterocycles. The van der Waals surface area contributed by atoms with Gasteiger partial charge >= 0.3 is 0 Å². The summed E-state index contributed by atoms with van der Waals surface area (Å²) < 4.78 is 53.7. The number of nitrogens with zero attached hydrogens (tertiary/aromatic N) is 2. The molecule has 3 heterocycles. The van der Waals surface area contributed by atoms with Crippen molar-refractivity contribution in [2.75, 3.05) is 31.5 Å². The highest BCUT2D eigenvalue weighted by atomic mass is 19.3. The fraction of sp³-hybridized carbons (Fsp3) is 0.407. The van der Waals surface area contributed by atoms with Crippen LogP contribution in [0.15, 0.2) is 42.6 Å². The molecule has 2 fully saturated rings. The number of likely N-dealkylation sites (tertiary alicyclic amines) is 1. The van der Waals surface area contributed by atoms with E-state index in [4.69, 9.17) is 9.47 Å². The van der Waals surface area contributed by atoms with E-state index in [1.807, 2.05) is 12.1 Å². The molecule has 2 aliphatic rings. The number of rotatable bonds is 8. The largest absolute Gasteiger partial charge is 0.485 e. The Kier molecular flexibility index (Phi) is 7.10. The average molecular weight is 515 g/mol. The van der Waals surface area contributed by atoms with Crippen LogP contribution >= 0.6 is 0 Å². The summed E-state index contributed by atoms with van der Waals surface area (Å²) in [6.45, 7) is 5.84. The molecule has 0 radical (unpaired) electrons. The quantitative estimate of drug-likeness (QED) is 0.448. The van der Waals surface area contributed by atoms with Gasteiger partial charge in [0, 0.05) is 61.9 Å². The first-order valence-electron chi connectivity index (χ1n) is 12.4. The Morgan fingerprint density at radius 3 is 2.54 bits per heavy atom. The van der Waals surface area contributed by atoms with Gasteiger partial charge in [-0.25, -0.2) is 13.2 Å². The van der Waals surface area contributed by atoms with Gasteiger partial charge in [0.15, 0.2) is 11.5 Å². The topological polar surface area (TPSA) is 75.7 Å². The number of halogens is 3. The molecule has 7 nitrogen and oxygen atoms in total. The minimum Gasteiger partial charge on any atom is -0.485 e. The Morgan fingerprint density at radius 2 is 1.86 bits per heavy atom. The molecule has 0 bridgehead atoms. The molecule has 37 heavy (non-hydrogen) atoms. The van der Waals surface area contributed by atoms with Crippen LogP contribution in [0.2, 0.25) is 0 Å². The summed E-state index contributed by atoms with van der Waals surface area (Å²) in [6, 6.07) is 8.83. The summed E-state index contributed by atoms with van der Waals surface area (Å²) >= 11 is 0. The second-order valence-electron chi connectivity index (χ2n) is 9.48. The van der Waals surface area contributed by atoms with Gasteiger partial charge in [-0.2, -0.15) is 0 Å². The van der Waals surface area contributed by atoms with E-state index in [1.165, 1.54) is 12.1 Å². The van der Waals surface area contributed by atoms with Gasteiger partial charge in [0.2, 0.25) is 5.91 Å². The highest BCUT2D eigenvalue weighted by Crippen LogP contribution is 2.38. The van der Waals surface area contributed by atoms with Crippen molar-refractivity contribution in [1.29, 1.82) is 0 Å². The van der Waals surface area contributed by atoms with Gasteiger partial charge in [-0.15, -0.1) is 0 Å². The van der Waals surface area contributed by atoms with E-state index in [2.05, 4.69) is 15.6 Å². The molecule has 5 rings (SSSR count). The molecule has 10 heteroatoms. The fourth-order valence-electron chi connectivity index (χ4n) is 4.66. The molecule has 0 unspecified atom stereocenters. The van der Waals surface area contributed by atoms with Gasteiger partial charge in [-0.05, 0) is 19.1 Å². The minimum atomic E-state index is -2.90. The number of pyridine rings is 1. The van der Waals surface area contributed by atoms with Crippen molar-refractivity contribution < 1.29 is 27.4 Å². The molecule has 0 aliphatic carbocycles. The molecular weight excluding hydrogens is 485 g/mol. The number of nitrogens with one attached hydrogen (secondary N) is 2. The standard InChI is InChI=1S/C27H29F3N4O3/c1-15(19-4-3-5-20(26(19)28)27(29)30)33-22-6-8-32-23-11-25(37-18-12-31-13-18)24(10-21(22)23)36-17-7-9-34(14-17)16(2)35/h3-6,8,10-11,15,17-18,27,31H,7,9,12-14H2,1-2H3,(H,32,33)/t15-,17+/m1/s1. The number of ether oxygens (including phenoxy) is 2. The van der Waals surface area contributed by atoms with Crippen LogP contribution < -0.4 is 20.1 Å². The molecule has 2 aromatic carbocycles. The Hall–Kier alpha value is -3.53. The van der Waals surface area contributed by atoms with E-state index < -0.39 is 23.8 Å². The Morgan fingerprint density at radius 1 is 1.14 bits per heavy atom. The second kappa shape index (κ2) is 10.5. The number of alkyl halides is 2. The Bertz CT molecular complexity index is 1300. The van der Waals surface area contributed by atoms with Gasteiger partial charge < -0.3 is 25.0 Å². The lowest BCUT2D eigenvalue weighted by molar-refractivity contribution is -0.128. The zero-order valence-corrected chi connectivity index (χ0v) is 20.6. The first kappa shape index (κ1) is 25.1. The van der Waals surface area contributed by atoms with E-state index in [0.29, 0.717) is 42.2 Å². The average Bonchev–Trinajstić information content (AvgIpc) is 3.31. The van der Waals surface area contributed by atoms with E-state index in [-0.39, 0.29) is 23.7 Å². The summed E-state index contributed by atoms with van der Waals surface area (Å²) in [5.74, 6) is 0.188. The van der Waals surface area contributed by atoms with Gasteiger partial charge in [0.25, 0.3) is 6.43 Å². The van der Waals surface area contributed by atoms with Crippen molar-refractivity contribution in [2.45, 2.75) is 44.9 Å². The maximum Gasteiger partial charge on any atom is 0.266 e. The molecule has 2 saturated heterocycles. The maximum absolute atomic E-state index is 14.8. The predicted molar refractivity (Wildman–Crippen MR) is 134 cm³/mol. The first-order chi connectivity index (χ1) is 17.8. The van der Waals surface area contributed by atoms with Crippen LogP contribution in [0.3, 0.4) is 0 Å². The molecule has 2 atom stereocenters. The first-order valence-corrected chi connectivity index (χ1v) is 12.4. The van der Waals surface area contributed by atoms with Crippen molar-refractivity contribution in [2.24, 2.45) is 0 Å². The highest BCUT2D eigenvalue weighted by Gasteiger charge is 2.28. The Balaban J connectivity index is 1.46. The molecule has 1 amide bonds. The molecular formula is C27H29F3N4O3. The maximum atomic E-state index is 14.8. The number of hydrogen-bond donors (Lipinski definition) is 2. The summed E-state index contributed by atoms with van der Waals surface area (Å²) in [7, 11) is 0. The van der Waals surface area contributed by atoms with Gasteiger partial charge in [0.1, 0.15) is 18.0 Å². The smallest absolute Gasteiger partial charge is 0.266 e. The molecule has 196 valence electrons. The van der Waals surface area contributed by atoms with Crippen LogP contribution in [0.5, 0.6) is 11.5 Å². The number of benzene rings is 2. The third-order valence-corrected chi connectivity index (χ3v) is 6.86. The van der Waals surface area contributed by atoms with Crippen LogP contribution in [-0.4, -0.2) is 54.2 Å². The van der Waals surface area contributed by atoms with Crippen LogP contribution in [-0.2, 0) is 4.79 Å². The molecule has 2 N–H and O–H groups in total. The zero-order valence-electron chi connectivity index (χ0n) is 20.6. The number of amides is 1. The third-order valence-electron chi connectivity index (χ3n) is 6.86. The van der Waals surface area contributed by atoms with Crippen molar-refractivity contribution in [3.8, 4) is 11.5 Å². The van der Waals surface area contributed by atoms with Crippen molar-refractivity contribution in [1.82, 2.24) is 15.2 Å². The summed E-state index contributed by atoms with van der Waals surface area (Å²) in [6.07, 6.45) is -0.727. The lowest BCUT2D eigenvalue weighted by atomic mass is 10.0. The highest BCUT2D eigenvalue weighted by molar-refractivity contribution is 5.93. The summed E-state index contributed by atoms with van der Waals surface area (Å²) in [5, 5.41) is 7.15. The van der Waals surface area contributed by atoms with Crippen LogP contribution in [0.1, 0.15) is 43.9 Å². The lowest BCUT2D eigenvalue weighted by Crippen LogP contribution is -2.50. The number of anilines is 1.